The van der Waals surface area contributed by atoms with E-state index in [1.165, 1.54) is 11.0 Å². The summed E-state index contributed by atoms with van der Waals surface area (Å²) in [6.07, 6.45) is -4.54. The summed E-state index contributed by atoms with van der Waals surface area (Å²) in [7, 11) is 0. The molecule has 0 aliphatic heterocycles. The fourth-order valence-corrected chi connectivity index (χ4v) is 1.86. The maximum Gasteiger partial charge on any atom is 0.423 e. The van der Waals surface area contributed by atoms with Gasteiger partial charge in [-0.3, -0.25) is 10.1 Å². The summed E-state index contributed by atoms with van der Waals surface area (Å²) in [4.78, 5) is 11.0. The van der Waals surface area contributed by atoms with Gasteiger partial charge in [-0.15, -0.1) is 0 Å². The van der Waals surface area contributed by atoms with Crippen LogP contribution in [0.15, 0.2) is 18.2 Å². The zero-order valence-electron chi connectivity index (χ0n) is 11.0. The van der Waals surface area contributed by atoms with E-state index in [0.717, 1.165) is 6.07 Å². The number of hydrogen-bond donors (Lipinski definition) is 2. The molecule has 6 nitrogen and oxygen atoms in total. The van der Waals surface area contributed by atoms with Gasteiger partial charge in [-0.05, 0) is 18.6 Å². The molecule has 21 heavy (non-hydrogen) atoms. The van der Waals surface area contributed by atoms with Crippen molar-refractivity contribution in [1.82, 2.24) is 0 Å². The number of rotatable bonds is 7. The summed E-state index contributed by atoms with van der Waals surface area (Å²) < 4.78 is 38.6. The summed E-state index contributed by atoms with van der Waals surface area (Å²) in [5, 5.41) is 28.4. The highest BCUT2D eigenvalue weighted by Crippen LogP contribution is 2.38. The van der Waals surface area contributed by atoms with Crippen LogP contribution in [0.1, 0.15) is 12.0 Å². The van der Waals surface area contributed by atoms with Crippen molar-refractivity contribution in [2.45, 2.75) is 12.6 Å². The van der Waals surface area contributed by atoms with E-state index in [-0.39, 0.29) is 32.0 Å². The van der Waals surface area contributed by atoms with E-state index in [0.29, 0.717) is 12.5 Å². The SMILES string of the molecule is O=[N+]([O-])c1ccc(N(CCO)CCCO)cc1C(F)(F)F. The molecule has 9 heteroatoms. The van der Waals surface area contributed by atoms with Crippen molar-refractivity contribution in [3.8, 4) is 0 Å². The van der Waals surface area contributed by atoms with Crippen LogP contribution in [0.2, 0.25) is 0 Å². The van der Waals surface area contributed by atoms with E-state index in [1.54, 1.807) is 0 Å². The summed E-state index contributed by atoms with van der Waals surface area (Å²) in [5.41, 5.74) is -2.25. The highest BCUT2D eigenvalue weighted by molar-refractivity contribution is 5.56. The van der Waals surface area contributed by atoms with Crippen molar-refractivity contribution in [2.24, 2.45) is 0 Å². The number of halogens is 3. The lowest BCUT2D eigenvalue weighted by molar-refractivity contribution is -0.388. The molecule has 0 fully saturated rings. The normalized spacial score (nSPS) is 11.5. The summed E-state index contributed by atoms with van der Waals surface area (Å²) in [5.74, 6) is 0. The Morgan fingerprint density at radius 2 is 1.86 bits per heavy atom. The number of aliphatic hydroxyl groups is 2. The van der Waals surface area contributed by atoms with Crippen molar-refractivity contribution in [3.63, 3.8) is 0 Å². The molecule has 0 saturated heterocycles. The molecule has 1 aromatic rings. The number of nitrogens with zero attached hydrogens (tertiary/aromatic N) is 2. The first kappa shape index (κ1) is 17.2. The molecular formula is C12H15F3N2O4. The smallest absolute Gasteiger partial charge is 0.396 e. The minimum atomic E-state index is -4.85. The second-order valence-corrected chi connectivity index (χ2v) is 4.24. The highest BCUT2D eigenvalue weighted by atomic mass is 19.4. The van der Waals surface area contributed by atoms with E-state index in [2.05, 4.69) is 0 Å². The first-order valence-electron chi connectivity index (χ1n) is 6.13. The molecule has 118 valence electrons. The van der Waals surface area contributed by atoms with E-state index < -0.39 is 22.4 Å². The molecule has 0 atom stereocenters. The average molecular weight is 308 g/mol. The second-order valence-electron chi connectivity index (χ2n) is 4.24. The molecule has 0 aliphatic rings. The van der Waals surface area contributed by atoms with Crippen LogP contribution in [0.4, 0.5) is 24.5 Å². The molecule has 0 unspecified atom stereocenters. The Kier molecular flexibility index (Phi) is 5.91. The van der Waals surface area contributed by atoms with Gasteiger partial charge in [0, 0.05) is 31.5 Å². The number of nitro groups is 1. The van der Waals surface area contributed by atoms with Crippen LogP contribution < -0.4 is 4.90 Å². The van der Waals surface area contributed by atoms with Crippen molar-refractivity contribution >= 4 is 11.4 Å². The maximum atomic E-state index is 12.9. The molecule has 0 heterocycles. The highest BCUT2D eigenvalue weighted by Gasteiger charge is 2.38. The van der Waals surface area contributed by atoms with Crippen LogP contribution in [-0.4, -0.2) is 41.4 Å². The van der Waals surface area contributed by atoms with E-state index in [1.807, 2.05) is 0 Å². The Labute approximate surface area is 118 Å². The molecule has 0 amide bonds. The lowest BCUT2D eigenvalue weighted by atomic mass is 10.1. The van der Waals surface area contributed by atoms with Gasteiger partial charge in [-0.1, -0.05) is 0 Å². The molecule has 0 aromatic heterocycles. The van der Waals surface area contributed by atoms with Gasteiger partial charge in [0.05, 0.1) is 11.5 Å². The van der Waals surface area contributed by atoms with E-state index in [4.69, 9.17) is 10.2 Å². The predicted octanol–water partition coefficient (Wildman–Crippen LogP) is 1.79. The molecular weight excluding hydrogens is 293 g/mol. The Balaban J connectivity index is 3.21. The molecule has 0 saturated carbocycles. The number of hydrogen-bond acceptors (Lipinski definition) is 5. The summed E-state index contributed by atoms with van der Waals surface area (Å²) in [6, 6.07) is 2.67. The van der Waals surface area contributed by atoms with E-state index >= 15 is 0 Å². The van der Waals surface area contributed by atoms with Gasteiger partial charge < -0.3 is 15.1 Å². The van der Waals surface area contributed by atoms with Crippen LogP contribution in [0.5, 0.6) is 0 Å². The van der Waals surface area contributed by atoms with Crippen molar-refractivity contribution < 1.29 is 28.3 Å². The first-order valence-corrected chi connectivity index (χ1v) is 6.13. The number of nitro benzene ring substituents is 1. The number of benzene rings is 1. The van der Waals surface area contributed by atoms with E-state index in [9.17, 15) is 23.3 Å². The van der Waals surface area contributed by atoms with Gasteiger partial charge in [0.25, 0.3) is 5.69 Å². The second kappa shape index (κ2) is 7.23. The predicted molar refractivity (Wildman–Crippen MR) is 69.1 cm³/mol. The molecule has 1 rings (SSSR count). The van der Waals surface area contributed by atoms with Gasteiger partial charge in [0.2, 0.25) is 0 Å². The van der Waals surface area contributed by atoms with Crippen LogP contribution in [0.25, 0.3) is 0 Å². The van der Waals surface area contributed by atoms with Gasteiger partial charge in [-0.2, -0.15) is 13.2 Å². The molecule has 0 bridgehead atoms. The summed E-state index contributed by atoms with van der Waals surface area (Å²) in [6.45, 7) is -0.147. The molecule has 1 aromatic carbocycles. The molecule has 0 radical (unpaired) electrons. The fraction of sp³-hybridized carbons (Fsp3) is 0.500. The van der Waals surface area contributed by atoms with Gasteiger partial charge >= 0.3 is 6.18 Å². The van der Waals surface area contributed by atoms with Gasteiger partial charge in [0.15, 0.2) is 0 Å². The Morgan fingerprint density at radius 1 is 1.19 bits per heavy atom. The standard InChI is InChI=1S/C12H15F3N2O4/c13-12(14,15)10-8-9(2-3-11(10)17(20)21)16(5-7-19)4-1-6-18/h2-3,8,18-19H,1,4-7H2. The van der Waals surface area contributed by atoms with Crippen LogP contribution in [0.3, 0.4) is 0 Å². The third-order valence-corrected chi connectivity index (χ3v) is 2.80. The van der Waals surface area contributed by atoms with Crippen LogP contribution in [-0.2, 0) is 6.18 Å². The van der Waals surface area contributed by atoms with Crippen LogP contribution >= 0.6 is 0 Å². The minimum Gasteiger partial charge on any atom is -0.396 e. The monoisotopic (exact) mass is 308 g/mol. The quantitative estimate of drug-likeness (QED) is 0.592. The third-order valence-electron chi connectivity index (χ3n) is 2.80. The van der Waals surface area contributed by atoms with Gasteiger partial charge in [0.1, 0.15) is 5.56 Å². The molecule has 2 N–H and O–H groups in total. The number of alkyl halides is 3. The Hall–Kier alpha value is -1.87. The van der Waals surface area contributed by atoms with Gasteiger partial charge in [-0.25, -0.2) is 0 Å². The lowest BCUT2D eigenvalue weighted by Crippen LogP contribution is -2.28. The topological polar surface area (TPSA) is 86.8 Å². The fourth-order valence-electron chi connectivity index (χ4n) is 1.86. The molecule has 0 aliphatic carbocycles. The lowest BCUT2D eigenvalue weighted by Gasteiger charge is -2.24. The number of aliphatic hydroxyl groups excluding tert-OH is 2. The largest absolute Gasteiger partial charge is 0.423 e. The Morgan fingerprint density at radius 3 is 2.33 bits per heavy atom. The van der Waals surface area contributed by atoms with Crippen LogP contribution in [0, 0.1) is 10.1 Å². The summed E-state index contributed by atoms with van der Waals surface area (Å²) >= 11 is 0. The zero-order valence-corrected chi connectivity index (χ0v) is 11.0. The minimum absolute atomic E-state index is 0.0646. The van der Waals surface area contributed by atoms with Crippen molar-refractivity contribution in [2.75, 3.05) is 31.2 Å². The average Bonchev–Trinajstić information content (AvgIpc) is 2.41. The third kappa shape index (κ3) is 4.57. The first-order chi connectivity index (χ1) is 9.81. The number of anilines is 1. The molecule has 0 spiro atoms. The zero-order chi connectivity index (χ0) is 16.0. The maximum absolute atomic E-state index is 12.9. The van der Waals surface area contributed by atoms with Crippen molar-refractivity contribution in [1.29, 1.82) is 0 Å². The Bertz CT molecular complexity index is 494. The van der Waals surface area contributed by atoms with Crippen molar-refractivity contribution in [3.05, 3.63) is 33.9 Å².